The molecule has 1 amide bonds. The van der Waals surface area contributed by atoms with E-state index in [9.17, 15) is 13.6 Å². The van der Waals surface area contributed by atoms with Crippen molar-refractivity contribution < 1.29 is 18.3 Å². The van der Waals surface area contributed by atoms with Crippen molar-refractivity contribution in [1.82, 2.24) is 4.98 Å². The average molecular weight is 265 g/mol. The summed E-state index contributed by atoms with van der Waals surface area (Å²) in [6, 6.07) is 4.29. The lowest BCUT2D eigenvalue weighted by atomic mass is 10.2. The molecule has 0 spiro atoms. The lowest BCUT2D eigenvalue weighted by Crippen LogP contribution is -2.10. The predicted molar refractivity (Wildman–Crippen MR) is 63.6 cm³/mol. The molecule has 0 atom stereocenters. The van der Waals surface area contributed by atoms with Gasteiger partial charge in [0.25, 0.3) is 0 Å². The van der Waals surface area contributed by atoms with Gasteiger partial charge in [-0.15, -0.1) is 0 Å². The smallest absolute Gasteiger partial charge is 0.250 e. The molecule has 2 rings (SSSR count). The first kappa shape index (κ1) is 12.7. The molecule has 7 heteroatoms. The van der Waals surface area contributed by atoms with E-state index in [0.29, 0.717) is 0 Å². The lowest BCUT2D eigenvalue weighted by molar-refractivity contribution is 0.1000. The first-order valence-corrected chi connectivity index (χ1v) is 5.15. The first-order valence-electron chi connectivity index (χ1n) is 5.15. The van der Waals surface area contributed by atoms with Crippen molar-refractivity contribution in [2.45, 2.75) is 0 Å². The molecular formula is C12H9F2N3O2. The van der Waals surface area contributed by atoms with Gasteiger partial charge in [-0.2, -0.15) is 0 Å². The van der Waals surface area contributed by atoms with Gasteiger partial charge in [0.15, 0.2) is 11.6 Å². The summed E-state index contributed by atoms with van der Waals surface area (Å²) >= 11 is 0. The summed E-state index contributed by atoms with van der Waals surface area (Å²) in [4.78, 5) is 14.6. The molecule has 0 radical (unpaired) electrons. The van der Waals surface area contributed by atoms with Crippen molar-refractivity contribution in [3.63, 3.8) is 0 Å². The van der Waals surface area contributed by atoms with Gasteiger partial charge in [0.1, 0.15) is 5.82 Å². The zero-order chi connectivity index (χ0) is 14.0. The van der Waals surface area contributed by atoms with E-state index in [1.807, 2.05) is 0 Å². The summed E-state index contributed by atoms with van der Waals surface area (Å²) < 4.78 is 31.7. The van der Waals surface area contributed by atoms with Crippen molar-refractivity contribution in [2.24, 2.45) is 5.73 Å². The minimum Gasteiger partial charge on any atom is -0.436 e. The predicted octanol–water partition coefficient (Wildman–Crippen LogP) is 1.83. The third-order valence-electron chi connectivity index (χ3n) is 2.29. The quantitative estimate of drug-likeness (QED) is 0.828. The van der Waals surface area contributed by atoms with Crippen LogP contribution in [0.4, 0.5) is 14.5 Å². The Morgan fingerprint density at radius 3 is 2.53 bits per heavy atom. The van der Waals surface area contributed by atoms with Crippen molar-refractivity contribution >= 4 is 11.6 Å². The molecule has 0 unspecified atom stereocenters. The Hall–Kier alpha value is -2.70. The number of halogens is 2. The van der Waals surface area contributed by atoms with Crippen LogP contribution in [0.3, 0.4) is 0 Å². The highest BCUT2D eigenvalue weighted by Gasteiger charge is 2.11. The van der Waals surface area contributed by atoms with Gasteiger partial charge in [-0.3, -0.25) is 4.79 Å². The number of hydrogen-bond acceptors (Lipinski definition) is 4. The highest BCUT2D eigenvalue weighted by molar-refractivity contribution is 5.92. The number of carbonyl (C=O) groups is 1. The highest BCUT2D eigenvalue weighted by Crippen LogP contribution is 2.26. The highest BCUT2D eigenvalue weighted by atomic mass is 19.1. The number of benzene rings is 1. The fourth-order valence-corrected chi connectivity index (χ4v) is 1.32. The summed E-state index contributed by atoms with van der Waals surface area (Å²) in [5, 5.41) is 0. The molecular weight excluding hydrogens is 256 g/mol. The van der Waals surface area contributed by atoms with E-state index in [1.165, 1.54) is 18.3 Å². The molecule has 0 aliphatic carbocycles. The topological polar surface area (TPSA) is 91.2 Å². The summed E-state index contributed by atoms with van der Waals surface area (Å²) in [6.45, 7) is 0. The Bertz CT molecular complexity index is 630. The van der Waals surface area contributed by atoms with Gasteiger partial charge in [0.2, 0.25) is 11.8 Å². The van der Waals surface area contributed by atoms with Crippen molar-refractivity contribution in [3.8, 4) is 11.6 Å². The minimum atomic E-state index is -0.820. The number of hydrogen-bond donors (Lipinski definition) is 2. The number of rotatable bonds is 3. The average Bonchev–Trinajstić information content (AvgIpc) is 2.36. The molecule has 0 fully saturated rings. The Balaban J connectivity index is 2.26. The van der Waals surface area contributed by atoms with Gasteiger partial charge >= 0.3 is 0 Å². The molecule has 0 saturated heterocycles. The molecule has 5 nitrogen and oxygen atoms in total. The van der Waals surface area contributed by atoms with E-state index >= 15 is 0 Å². The van der Waals surface area contributed by atoms with E-state index in [4.69, 9.17) is 16.2 Å². The summed E-state index contributed by atoms with van der Waals surface area (Å²) in [5.41, 5.74) is 10.1. The van der Waals surface area contributed by atoms with Crippen LogP contribution in [-0.4, -0.2) is 10.9 Å². The summed E-state index contributed by atoms with van der Waals surface area (Å²) in [7, 11) is 0. The Morgan fingerprint density at radius 1 is 1.21 bits per heavy atom. The minimum absolute atomic E-state index is 0.00642. The molecule has 4 N–H and O–H groups in total. The van der Waals surface area contributed by atoms with Gasteiger partial charge in [-0.25, -0.2) is 13.8 Å². The number of nitrogen functional groups attached to an aromatic ring is 1. The molecule has 1 aromatic heterocycles. The van der Waals surface area contributed by atoms with Crippen LogP contribution in [0.15, 0.2) is 30.5 Å². The van der Waals surface area contributed by atoms with E-state index in [-0.39, 0.29) is 22.9 Å². The van der Waals surface area contributed by atoms with Gasteiger partial charge < -0.3 is 16.2 Å². The number of aromatic nitrogens is 1. The number of amides is 1. The molecule has 98 valence electrons. The second-order valence-corrected chi connectivity index (χ2v) is 3.66. The number of anilines is 1. The van der Waals surface area contributed by atoms with Crippen LogP contribution in [0.2, 0.25) is 0 Å². The Labute approximate surface area is 106 Å². The third-order valence-corrected chi connectivity index (χ3v) is 2.29. The first-order chi connectivity index (χ1) is 8.97. The third kappa shape index (κ3) is 2.76. The number of carbonyl (C=O) groups excluding carboxylic acids is 1. The largest absolute Gasteiger partial charge is 0.436 e. The molecule has 0 saturated carbocycles. The van der Waals surface area contributed by atoms with E-state index in [2.05, 4.69) is 4.98 Å². The molecule has 0 bridgehead atoms. The SMILES string of the molecule is NC(=O)c1ccc(Oc2cc(F)c(N)cc2F)nc1. The van der Waals surface area contributed by atoms with Crippen molar-refractivity contribution in [1.29, 1.82) is 0 Å². The van der Waals surface area contributed by atoms with Gasteiger partial charge in [0.05, 0.1) is 11.3 Å². The van der Waals surface area contributed by atoms with E-state index < -0.39 is 17.5 Å². The summed E-state index contributed by atoms with van der Waals surface area (Å²) in [5.74, 6) is -2.63. The maximum absolute atomic E-state index is 13.5. The number of primary amides is 1. The molecule has 0 aliphatic rings. The van der Waals surface area contributed by atoms with Crippen LogP contribution >= 0.6 is 0 Å². The van der Waals surface area contributed by atoms with Gasteiger partial charge in [-0.1, -0.05) is 0 Å². The second-order valence-electron chi connectivity index (χ2n) is 3.66. The second kappa shape index (κ2) is 4.89. The standard InChI is InChI=1S/C12H9F2N3O2/c13-7-4-10(8(14)3-9(7)15)19-11-2-1-6(5-17-11)12(16)18/h1-5H,15H2,(H2,16,18). The maximum atomic E-state index is 13.5. The number of ether oxygens (including phenoxy) is 1. The molecule has 2 aromatic rings. The van der Waals surface area contributed by atoms with E-state index in [0.717, 1.165) is 12.1 Å². The zero-order valence-electron chi connectivity index (χ0n) is 9.56. The van der Waals surface area contributed by atoms with Gasteiger partial charge in [0, 0.05) is 24.4 Å². The fourth-order valence-electron chi connectivity index (χ4n) is 1.32. The number of pyridine rings is 1. The molecule has 1 aromatic carbocycles. The van der Waals surface area contributed by atoms with E-state index in [1.54, 1.807) is 0 Å². The van der Waals surface area contributed by atoms with Crippen LogP contribution in [0.5, 0.6) is 11.6 Å². The van der Waals surface area contributed by atoms with Gasteiger partial charge in [-0.05, 0) is 6.07 Å². The van der Waals surface area contributed by atoms with Crippen molar-refractivity contribution in [2.75, 3.05) is 5.73 Å². The summed E-state index contributed by atoms with van der Waals surface area (Å²) in [6.07, 6.45) is 1.17. The molecule has 19 heavy (non-hydrogen) atoms. The van der Waals surface area contributed by atoms with Crippen LogP contribution in [0.1, 0.15) is 10.4 Å². The van der Waals surface area contributed by atoms with Crippen molar-refractivity contribution in [3.05, 3.63) is 47.7 Å². The van der Waals surface area contributed by atoms with Crippen LogP contribution in [0.25, 0.3) is 0 Å². The normalized spacial score (nSPS) is 10.2. The Kier molecular flexibility index (Phi) is 3.28. The zero-order valence-corrected chi connectivity index (χ0v) is 9.56. The monoisotopic (exact) mass is 265 g/mol. The van der Waals surface area contributed by atoms with Crippen LogP contribution in [0, 0.1) is 11.6 Å². The molecule has 1 heterocycles. The Morgan fingerprint density at radius 2 is 1.95 bits per heavy atom. The maximum Gasteiger partial charge on any atom is 0.250 e. The molecule has 0 aliphatic heterocycles. The van der Waals surface area contributed by atoms with Crippen LogP contribution < -0.4 is 16.2 Å². The lowest BCUT2D eigenvalue weighted by Gasteiger charge is -2.07. The number of nitrogens with two attached hydrogens (primary N) is 2. The number of nitrogens with zero attached hydrogens (tertiary/aromatic N) is 1. The fraction of sp³-hybridized carbons (Fsp3) is 0. The van der Waals surface area contributed by atoms with Crippen LogP contribution in [-0.2, 0) is 0 Å².